The maximum Gasteiger partial charge on any atom is 0.121 e. The highest BCUT2D eigenvalue weighted by molar-refractivity contribution is 5.13. The van der Waals surface area contributed by atoms with E-state index >= 15 is 0 Å². The van der Waals surface area contributed by atoms with Crippen LogP contribution in [0, 0.1) is 5.92 Å². The van der Waals surface area contributed by atoms with Gasteiger partial charge in [0.15, 0.2) is 0 Å². The Bertz CT molecular complexity index is 309. The molecule has 1 heterocycles. The van der Waals surface area contributed by atoms with Crippen molar-refractivity contribution >= 4 is 0 Å². The maximum absolute atomic E-state index is 10.5. The van der Waals surface area contributed by atoms with E-state index in [0.717, 1.165) is 18.7 Å². The van der Waals surface area contributed by atoms with Crippen molar-refractivity contribution in [2.75, 3.05) is 6.54 Å². The van der Waals surface area contributed by atoms with Crippen molar-refractivity contribution in [1.29, 1.82) is 0 Å². The summed E-state index contributed by atoms with van der Waals surface area (Å²) in [6, 6.07) is 1.85. The van der Waals surface area contributed by atoms with Crippen LogP contribution in [0.5, 0.6) is 0 Å². The van der Waals surface area contributed by atoms with Crippen LogP contribution in [0.25, 0.3) is 0 Å². The first kappa shape index (κ1) is 12.2. The minimum atomic E-state index is -0.967. The molecule has 1 rings (SSSR count). The Morgan fingerprint density at radius 1 is 1.60 bits per heavy atom. The summed E-state index contributed by atoms with van der Waals surface area (Å²) in [7, 11) is 0. The van der Waals surface area contributed by atoms with Gasteiger partial charge < -0.3 is 10.8 Å². The van der Waals surface area contributed by atoms with Crippen LogP contribution in [0.3, 0.4) is 0 Å². The number of nitrogens with zero attached hydrogens (tertiary/aromatic N) is 2. The molecular weight excluding hydrogens is 190 g/mol. The maximum atomic E-state index is 10.5. The second-order valence-electron chi connectivity index (χ2n) is 4.22. The smallest absolute Gasteiger partial charge is 0.121 e. The van der Waals surface area contributed by atoms with Gasteiger partial charge in [0, 0.05) is 19.3 Å². The molecule has 0 amide bonds. The van der Waals surface area contributed by atoms with Crippen molar-refractivity contribution in [2.24, 2.45) is 11.7 Å². The fourth-order valence-electron chi connectivity index (χ4n) is 1.73. The zero-order valence-electron chi connectivity index (χ0n) is 9.77. The molecule has 0 saturated carbocycles. The van der Waals surface area contributed by atoms with E-state index < -0.39 is 5.60 Å². The summed E-state index contributed by atoms with van der Waals surface area (Å²) in [6.07, 6.45) is 2.71. The van der Waals surface area contributed by atoms with Gasteiger partial charge >= 0.3 is 0 Å². The Morgan fingerprint density at radius 2 is 2.27 bits per heavy atom. The van der Waals surface area contributed by atoms with E-state index in [1.807, 2.05) is 24.6 Å². The van der Waals surface area contributed by atoms with Crippen LogP contribution in [0.4, 0.5) is 0 Å². The number of aryl methyl sites for hydroxylation is 1. The van der Waals surface area contributed by atoms with Crippen molar-refractivity contribution in [1.82, 2.24) is 9.78 Å². The van der Waals surface area contributed by atoms with Crippen molar-refractivity contribution < 1.29 is 5.11 Å². The van der Waals surface area contributed by atoms with Gasteiger partial charge in [0.1, 0.15) is 5.60 Å². The lowest BCUT2D eigenvalue weighted by Crippen LogP contribution is -2.41. The summed E-state index contributed by atoms with van der Waals surface area (Å²) >= 11 is 0. The molecule has 1 aromatic heterocycles. The van der Waals surface area contributed by atoms with Gasteiger partial charge in [-0.1, -0.05) is 20.8 Å². The van der Waals surface area contributed by atoms with Crippen LogP contribution in [-0.4, -0.2) is 21.4 Å². The zero-order chi connectivity index (χ0) is 11.5. The highest BCUT2D eigenvalue weighted by atomic mass is 16.3. The lowest BCUT2D eigenvalue weighted by molar-refractivity contribution is -0.00951. The van der Waals surface area contributed by atoms with E-state index in [1.165, 1.54) is 0 Å². The summed E-state index contributed by atoms with van der Waals surface area (Å²) in [6.45, 7) is 7.06. The molecule has 86 valence electrons. The molecule has 0 spiro atoms. The Hall–Kier alpha value is -0.870. The van der Waals surface area contributed by atoms with Gasteiger partial charge in [-0.15, -0.1) is 0 Å². The van der Waals surface area contributed by atoms with E-state index in [1.54, 1.807) is 6.20 Å². The second kappa shape index (κ2) is 4.77. The van der Waals surface area contributed by atoms with E-state index in [-0.39, 0.29) is 12.5 Å². The predicted octanol–water partition coefficient (Wildman–Crippen LogP) is 1.10. The molecule has 0 saturated heterocycles. The summed E-state index contributed by atoms with van der Waals surface area (Å²) in [5.74, 6) is 0.0785. The van der Waals surface area contributed by atoms with Crippen LogP contribution in [-0.2, 0) is 12.1 Å². The van der Waals surface area contributed by atoms with Gasteiger partial charge in [-0.25, -0.2) is 0 Å². The van der Waals surface area contributed by atoms with Crippen LogP contribution in [0.1, 0.15) is 32.9 Å². The third-order valence-corrected chi connectivity index (χ3v) is 2.86. The first-order chi connectivity index (χ1) is 7.06. The van der Waals surface area contributed by atoms with Crippen LogP contribution < -0.4 is 5.73 Å². The van der Waals surface area contributed by atoms with Crippen molar-refractivity contribution in [3.05, 3.63) is 18.0 Å². The first-order valence-electron chi connectivity index (χ1n) is 5.51. The Morgan fingerprint density at radius 3 is 2.73 bits per heavy atom. The highest BCUT2D eigenvalue weighted by Gasteiger charge is 2.34. The molecule has 0 aliphatic heterocycles. The molecule has 0 aliphatic carbocycles. The number of hydrogen-bond acceptors (Lipinski definition) is 3. The third kappa shape index (κ3) is 2.21. The van der Waals surface area contributed by atoms with Crippen molar-refractivity contribution in [2.45, 2.75) is 39.3 Å². The van der Waals surface area contributed by atoms with E-state index in [4.69, 9.17) is 5.73 Å². The SMILES string of the molecule is CCCn1nccc1C(O)(CN)C(C)C. The molecule has 0 aliphatic rings. The van der Waals surface area contributed by atoms with E-state index in [9.17, 15) is 5.11 Å². The molecule has 0 radical (unpaired) electrons. The normalized spacial score (nSPS) is 15.6. The molecule has 4 nitrogen and oxygen atoms in total. The molecule has 3 N–H and O–H groups in total. The number of nitrogens with two attached hydrogens (primary N) is 1. The second-order valence-corrected chi connectivity index (χ2v) is 4.22. The molecule has 1 aromatic rings. The summed E-state index contributed by atoms with van der Waals surface area (Å²) in [4.78, 5) is 0. The van der Waals surface area contributed by atoms with Gasteiger partial charge in [-0.05, 0) is 18.4 Å². The van der Waals surface area contributed by atoms with Crippen LogP contribution >= 0.6 is 0 Å². The summed E-state index contributed by atoms with van der Waals surface area (Å²) in [5, 5.41) is 14.7. The minimum absolute atomic E-state index is 0.0785. The Labute approximate surface area is 91.1 Å². The minimum Gasteiger partial charge on any atom is -0.382 e. The largest absolute Gasteiger partial charge is 0.382 e. The number of aliphatic hydroxyl groups is 1. The van der Waals surface area contributed by atoms with Gasteiger partial charge in [0.2, 0.25) is 0 Å². The molecule has 1 atom stereocenters. The lowest BCUT2D eigenvalue weighted by Gasteiger charge is -2.31. The Kier molecular flexibility index (Phi) is 3.88. The number of hydrogen-bond donors (Lipinski definition) is 2. The zero-order valence-corrected chi connectivity index (χ0v) is 9.77. The lowest BCUT2D eigenvalue weighted by atomic mass is 9.87. The topological polar surface area (TPSA) is 64.1 Å². The summed E-state index contributed by atoms with van der Waals surface area (Å²) in [5.41, 5.74) is 5.53. The van der Waals surface area contributed by atoms with Crippen LogP contribution in [0.15, 0.2) is 12.3 Å². The molecule has 0 fully saturated rings. The first-order valence-corrected chi connectivity index (χ1v) is 5.51. The quantitative estimate of drug-likeness (QED) is 0.766. The van der Waals surface area contributed by atoms with Gasteiger partial charge in [-0.3, -0.25) is 4.68 Å². The standard InChI is InChI=1S/C11H21N3O/c1-4-7-14-10(5-6-13-14)11(15,8-12)9(2)3/h5-6,9,15H,4,7-8,12H2,1-3H3. The van der Waals surface area contributed by atoms with E-state index in [2.05, 4.69) is 12.0 Å². The fourth-order valence-corrected chi connectivity index (χ4v) is 1.73. The number of aromatic nitrogens is 2. The average Bonchev–Trinajstić information content (AvgIpc) is 2.65. The van der Waals surface area contributed by atoms with Crippen molar-refractivity contribution in [3.8, 4) is 0 Å². The van der Waals surface area contributed by atoms with Gasteiger partial charge in [0.25, 0.3) is 0 Å². The molecule has 0 bridgehead atoms. The molecular formula is C11H21N3O. The van der Waals surface area contributed by atoms with Gasteiger partial charge in [-0.2, -0.15) is 5.10 Å². The Balaban J connectivity index is 3.06. The predicted molar refractivity (Wildman–Crippen MR) is 60.3 cm³/mol. The van der Waals surface area contributed by atoms with E-state index in [0.29, 0.717) is 0 Å². The molecule has 1 unspecified atom stereocenters. The van der Waals surface area contributed by atoms with Crippen LogP contribution in [0.2, 0.25) is 0 Å². The summed E-state index contributed by atoms with van der Waals surface area (Å²) < 4.78 is 1.84. The highest BCUT2D eigenvalue weighted by Crippen LogP contribution is 2.28. The van der Waals surface area contributed by atoms with Gasteiger partial charge in [0.05, 0.1) is 5.69 Å². The molecule has 15 heavy (non-hydrogen) atoms. The monoisotopic (exact) mass is 211 g/mol. The fraction of sp³-hybridized carbons (Fsp3) is 0.727. The molecule has 4 heteroatoms. The third-order valence-electron chi connectivity index (χ3n) is 2.86. The van der Waals surface area contributed by atoms with Crippen molar-refractivity contribution in [3.63, 3.8) is 0 Å². The average molecular weight is 211 g/mol. The molecule has 0 aromatic carbocycles. The number of rotatable bonds is 5.